The Balaban J connectivity index is 1.66. The zero-order chi connectivity index (χ0) is 18.3. The van der Waals surface area contributed by atoms with Gasteiger partial charge in [0.2, 0.25) is 0 Å². The Labute approximate surface area is 147 Å². The third kappa shape index (κ3) is 2.98. The molecular formula is C17H16F3N5O. The summed E-state index contributed by atoms with van der Waals surface area (Å²) >= 11 is 0. The smallest absolute Gasteiger partial charge is 0.370 e. The average molecular weight is 363 g/mol. The molecule has 1 aliphatic rings. The SMILES string of the molecule is Cc1ccccc1C1CN(c2ccc3nnc(C(F)(F)F)n3n2)CCO1. The number of nitrogens with zero attached hydrogens (tertiary/aromatic N) is 5. The van der Waals surface area contributed by atoms with Crippen LogP contribution in [0.15, 0.2) is 36.4 Å². The van der Waals surface area contributed by atoms with Crippen LogP contribution in [0.4, 0.5) is 19.0 Å². The fourth-order valence-electron chi connectivity index (χ4n) is 3.12. The van der Waals surface area contributed by atoms with E-state index in [-0.39, 0.29) is 11.8 Å². The predicted molar refractivity (Wildman–Crippen MR) is 87.9 cm³/mol. The lowest BCUT2D eigenvalue weighted by Crippen LogP contribution is -2.39. The quantitative estimate of drug-likeness (QED) is 0.701. The molecule has 2 aromatic heterocycles. The first-order valence-electron chi connectivity index (χ1n) is 8.15. The average Bonchev–Trinajstić information content (AvgIpc) is 3.06. The van der Waals surface area contributed by atoms with Crippen LogP contribution in [0.3, 0.4) is 0 Å². The number of morpholine rings is 1. The third-order valence-electron chi connectivity index (χ3n) is 4.43. The van der Waals surface area contributed by atoms with E-state index in [1.165, 1.54) is 6.07 Å². The van der Waals surface area contributed by atoms with Gasteiger partial charge in [-0.05, 0) is 30.2 Å². The molecule has 6 nitrogen and oxygen atoms in total. The molecule has 3 heterocycles. The first-order chi connectivity index (χ1) is 12.4. The van der Waals surface area contributed by atoms with Crippen molar-refractivity contribution in [2.45, 2.75) is 19.2 Å². The summed E-state index contributed by atoms with van der Waals surface area (Å²) in [6.07, 6.45) is -4.77. The van der Waals surface area contributed by atoms with Gasteiger partial charge < -0.3 is 9.64 Å². The van der Waals surface area contributed by atoms with Gasteiger partial charge in [-0.2, -0.15) is 17.7 Å². The lowest BCUT2D eigenvalue weighted by molar-refractivity contribution is -0.146. The Morgan fingerprint density at radius 1 is 1.12 bits per heavy atom. The largest absolute Gasteiger partial charge is 0.453 e. The zero-order valence-electron chi connectivity index (χ0n) is 13.9. The summed E-state index contributed by atoms with van der Waals surface area (Å²) in [6, 6.07) is 11.1. The van der Waals surface area contributed by atoms with E-state index in [9.17, 15) is 13.2 Å². The van der Waals surface area contributed by atoms with E-state index in [0.29, 0.717) is 25.5 Å². The predicted octanol–water partition coefficient (Wildman–Crippen LogP) is 3.03. The van der Waals surface area contributed by atoms with Crippen LogP contribution < -0.4 is 4.90 Å². The van der Waals surface area contributed by atoms with Crippen LogP contribution in [-0.4, -0.2) is 39.5 Å². The van der Waals surface area contributed by atoms with Crippen LogP contribution in [0.25, 0.3) is 5.65 Å². The van der Waals surface area contributed by atoms with Crippen molar-refractivity contribution < 1.29 is 17.9 Å². The first-order valence-corrected chi connectivity index (χ1v) is 8.15. The number of hydrogen-bond acceptors (Lipinski definition) is 5. The number of rotatable bonds is 2. The van der Waals surface area contributed by atoms with Gasteiger partial charge >= 0.3 is 6.18 Å². The van der Waals surface area contributed by atoms with E-state index in [0.717, 1.165) is 15.6 Å². The minimum absolute atomic E-state index is 0.0600. The van der Waals surface area contributed by atoms with Crippen molar-refractivity contribution in [1.82, 2.24) is 19.8 Å². The maximum absolute atomic E-state index is 13.1. The first kappa shape index (κ1) is 16.8. The molecule has 0 radical (unpaired) electrons. The second kappa shape index (κ2) is 6.24. The molecule has 136 valence electrons. The number of aromatic nitrogens is 4. The summed E-state index contributed by atoms with van der Waals surface area (Å²) in [5.41, 5.74) is 2.24. The molecule has 9 heteroatoms. The van der Waals surface area contributed by atoms with Crippen LogP contribution in [0, 0.1) is 6.92 Å². The highest BCUT2D eigenvalue weighted by atomic mass is 19.4. The topological polar surface area (TPSA) is 55.6 Å². The Hall–Kier alpha value is -2.68. The fraction of sp³-hybridized carbons (Fsp3) is 0.353. The number of anilines is 1. The number of hydrogen-bond donors (Lipinski definition) is 0. The molecule has 1 aromatic carbocycles. The Bertz CT molecular complexity index is 940. The van der Waals surface area contributed by atoms with Crippen molar-refractivity contribution in [3.05, 3.63) is 53.3 Å². The Morgan fingerprint density at radius 2 is 1.92 bits per heavy atom. The maximum Gasteiger partial charge on any atom is 0.453 e. The maximum atomic E-state index is 13.1. The molecular weight excluding hydrogens is 347 g/mol. The molecule has 0 amide bonds. The van der Waals surface area contributed by atoms with Crippen molar-refractivity contribution in [3.8, 4) is 0 Å². The van der Waals surface area contributed by atoms with Gasteiger partial charge in [-0.1, -0.05) is 24.3 Å². The van der Waals surface area contributed by atoms with Crippen molar-refractivity contribution >= 4 is 11.5 Å². The molecule has 0 bridgehead atoms. The number of ether oxygens (including phenoxy) is 1. The molecule has 0 spiro atoms. The number of alkyl halides is 3. The highest BCUT2D eigenvalue weighted by molar-refractivity contribution is 5.47. The van der Waals surface area contributed by atoms with Crippen molar-refractivity contribution in [2.75, 3.05) is 24.6 Å². The summed E-state index contributed by atoms with van der Waals surface area (Å²) in [5, 5.41) is 10.9. The lowest BCUT2D eigenvalue weighted by atomic mass is 10.0. The van der Waals surface area contributed by atoms with Gasteiger partial charge in [0.1, 0.15) is 11.9 Å². The van der Waals surface area contributed by atoms with Gasteiger partial charge in [0, 0.05) is 13.1 Å². The van der Waals surface area contributed by atoms with E-state index < -0.39 is 12.0 Å². The Kier molecular flexibility index (Phi) is 4.03. The summed E-state index contributed by atoms with van der Waals surface area (Å²) in [7, 11) is 0. The van der Waals surface area contributed by atoms with Gasteiger partial charge in [0.25, 0.3) is 5.82 Å². The summed E-state index contributed by atoms with van der Waals surface area (Å²) in [4.78, 5) is 1.92. The molecule has 1 atom stereocenters. The number of aryl methyl sites for hydroxylation is 1. The number of fused-ring (bicyclic) bond motifs is 1. The summed E-state index contributed by atoms with van der Waals surface area (Å²) in [6.45, 7) is 3.53. The molecule has 0 saturated carbocycles. The number of benzene rings is 1. The van der Waals surface area contributed by atoms with Crippen molar-refractivity contribution in [3.63, 3.8) is 0 Å². The summed E-state index contributed by atoms with van der Waals surface area (Å²) < 4.78 is 45.8. The van der Waals surface area contributed by atoms with E-state index in [2.05, 4.69) is 15.3 Å². The highest BCUT2D eigenvalue weighted by Crippen LogP contribution is 2.30. The van der Waals surface area contributed by atoms with Gasteiger partial charge in [-0.3, -0.25) is 0 Å². The third-order valence-corrected chi connectivity index (χ3v) is 4.43. The lowest BCUT2D eigenvalue weighted by Gasteiger charge is -2.34. The molecule has 1 unspecified atom stereocenters. The zero-order valence-corrected chi connectivity index (χ0v) is 13.9. The molecule has 0 aliphatic carbocycles. The van der Waals surface area contributed by atoms with E-state index in [1.54, 1.807) is 6.07 Å². The van der Waals surface area contributed by atoms with Crippen LogP contribution in [-0.2, 0) is 10.9 Å². The fourth-order valence-corrected chi connectivity index (χ4v) is 3.12. The minimum Gasteiger partial charge on any atom is -0.370 e. The van der Waals surface area contributed by atoms with E-state index >= 15 is 0 Å². The van der Waals surface area contributed by atoms with Gasteiger partial charge in [-0.15, -0.1) is 15.3 Å². The summed E-state index contributed by atoms with van der Waals surface area (Å²) in [5.74, 6) is -0.692. The highest BCUT2D eigenvalue weighted by Gasteiger charge is 2.38. The second-order valence-electron chi connectivity index (χ2n) is 6.14. The molecule has 1 fully saturated rings. The van der Waals surface area contributed by atoms with Crippen molar-refractivity contribution in [2.24, 2.45) is 0 Å². The van der Waals surface area contributed by atoms with Gasteiger partial charge in [0.15, 0.2) is 5.65 Å². The molecule has 1 aliphatic heterocycles. The van der Waals surface area contributed by atoms with Gasteiger partial charge in [-0.25, -0.2) is 0 Å². The number of halogens is 3. The second-order valence-corrected chi connectivity index (χ2v) is 6.14. The van der Waals surface area contributed by atoms with Gasteiger partial charge in [0.05, 0.1) is 6.61 Å². The molecule has 1 saturated heterocycles. The normalized spacial score (nSPS) is 18.5. The van der Waals surface area contributed by atoms with Crippen LogP contribution >= 0.6 is 0 Å². The van der Waals surface area contributed by atoms with Crippen molar-refractivity contribution in [1.29, 1.82) is 0 Å². The van der Waals surface area contributed by atoms with Crippen LogP contribution in [0.5, 0.6) is 0 Å². The molecule has 3 aromatic rings. The Morgan fingerprint density at radius 3 is 2.69 bits per heavy atom. The van der Waals surface area contributed by atoms with E-state index in [1.807, 2.05) is 36.1 Å². The molecule has 0 N–H and O–H groups in total. The van der Waals surface area contributed by atoms with Crippen LogP contribution in [0.1, 0.15) is 23.1 Å². The van der Waals surface area contributed by atoms with Crippen LogP contribution in [0.2, 0.25) is 0 Å². The molecule has 4 rings (SSSR count). The standard InChI is InChI=1S/C17H16F3N5O/c1-11-4-2-3-5-12(11)13-10-24(8-9-26-13)15-7-6-14-21-22-16(17(18,19)20)25(14)23-15/h2-7,13H,8-10H2,1H3. The molecule has 26 heavy (non-hydrogen) atoms. The monoisotopic (exact) mass is 363 g/mol. The van der Waals surface area contributed by atoms with E-state index in [4.69, 9.17) is 4.74 Å². The minimum atomic E-state index is -4.61.